The summed E-state index contributed by atoms with van der Waals surface area (Å²) in [5.74, 6) is -1.80. The second kappa shape index (κ2) is 15.2. The van der Waals surface area contributed by atoms with Gasteiger partial charge in [-0.25, -0.2) is 9.59 Å². The summed E-state index contributed by atoms with van der Waals surface area (Å²) in [6, 6.07) is 19.0. The van der Waals surface area contributed by atoms with Crippen molar-refractivity contribution in [2.75, 3.05) is 13.7 Å². The van der Waals surface area contributed by atoms with Crippen molar-refractivity contribution in [3.63, 3.8) is 0 Å². The number of hydrogen-bond acceptors (Lipinski definition) is 8. The number of hydrogen-bond donors (Lipinski definition) is 3. The normalized spacial score (nSPS) is 25.1. The van der Waals surface area contributed by atoms with Crippen LogP contribution in [-0.4, -0.2) is 85.8 Å². The number of ether oxygens (including phenoxy) is 2. The van der Waals surface area contributed by atoms with Gasteiger partial charge in [0.1, 0.15) is 40.4 Å². The molecular formula is C42H48N6O7. The van der Waals surface area contributed by atoms with E-state index in [1.165, 1.54) is 4.90 Å². The van der Waals surface area contributed by atoms with Gasteiger partial charge in [0.2, 0.25) is 11.8 Å². The molecule has 3 amide bonds. The van der Waals surface area contributed by atoms with Crippen molar-refractivity contribution < 1.29 is 33.8 Å². The molecule has 1 aromatic heterocycles. The van der Waals surface area contributed by atoms with Gasteiger partial charge in [0.25, 0.3) is 0 Å². The van der Waals surface area contributed by atoms with Gasteiger partial charge in [-0.05, 0) is 81.5 Å². The van der Waals surface area contributed by atoms with Crippen LogP contribution in [0.25, 0.3) is 33.3 Å². The molecule has 13 nitrogen and oxygen atoms in total. The number of methoxy groups -OCH3 is 1. The smallest absolute Gasteiger partial charge is 0.408 e. The van der Waals surface area contributed by atoms with Crippen molar-refractivity contribution in [1.82, 2.24) is 30.5 Å². The third-order valence-corrected chi connectivity index (χ3v) is 10.7. The van der Waals surface area contributed by atoms with Crippen molar-refractivity contribution in [2.24, 2.45) is 5.92 Å². The van der Waals surface area contributed by atoms with Crippen molar-refractivity contribution in [3.05, 3.63) is 78.9 Å². The summed E-state index contributed by atoms with van der Waals surface area (Å²) in [5.41, 5.74) is 0.665. The van der Waals surface area contributed by atoms with Crippen molar-refractivity contribution in [1.29, 1.82) is 0 Å². The number of alkyl carbamates (subject to hydrolysis) is 1. The standard InChI is InChI=1S/C42H48N6O7/c1-41(2,3)55-40(53)43-33-18-9-7-5-6-8-15-28-24-42(28,39(51)52)44-37(49)34-23-29(25-47(34)38(33)50)48-45-35(27-19-21-30(54-4)22-20-27)36(46-48)32-17-12-14-26-13-10-11-16-31(26)32/h8,10-17,19-22,28-29,33-34H,5-7,9,18,23-25H2,1-4H3,(H,43,53)(H,44,49)(H,51,52)/b15-8-/t28-,29-,33+,34-,42-/m0/s1. The SMILES string of the molecule is COc1ccc(-c2nn([C@H]3C[C@H]4C(=O)N[C@@]5(C(=O)O)C[C@@H]5/C=C\CCCCC[C@@H](NC(=O)OC(C)(C)C)C(=O)N4C3)nc2-c2cccc3ccccc23)cc1. The van der Waals surface area contributed by atoms with Crippen LogP contribution < -0.4 is 15.4 Å². The molecule has 1 saturated carbocycles. The number of nitrogens with one attached hydrogen (secondary N) is 2. The fourth-order valence-corrected chi connectivity index (χ4v) is 7.74. The number of allylic oxidation sites excluding steroid dienone is 1. The Hall–Kier alpha value is -5.72. The van der Waals surface area contributed by atoms with Gasteiger partial charge >= 0.3 is 12.1 Å². The van der Waals surface area contributed by atoms with Gasteiger partial charge in [-0.2, -0.15) is 15.0 Å². The molecule has 2 fully saturated rings. The number of amides is 3. The number of carbonyl (C=O) groups excluding carboxylic acids is 3. The van der Waals surface area contributed by atoms with E-state index in [-0.39, 0.29) is 25.3 Å². The van der Waals surface area contributed by atoms with Crippen LogP contribution in [0.2, 0.25) is 0 Å². The Labute approximate surface area is 320 Å². The predicted molar refractivity (Wildman–Crippen MR) is 206 cm³/mol. The maximum Gasteiger partial charge on any atom is 0.408 e. The molecule has 55 heavy (non-hydrogen) atoms. The number of carbonyl (C=O) groups is 4. The molecule has 3 heterocycles. The van der Waals surface area contributed by atoms with Crippen LogP contribution in [0.5, 0.6) is 5.75 Å². The number of aliphatic carboxylic acids is 1. The first-order chi connectivity index (χ1) is 26.4. The summed E-state index contributed by atoms with van der Waals surface area (Å²) in [6.45, 7) is 5.30. The lowest BCUT2D eigenvalue weighted by atomic mass is 9.99. The van der Waals surface area contributed by atoms with Gasteiger partial charge in [-0.3, -0.25) is 9.59 Å². The van der Waals surface area contributed by atoms with Crippen molar-refractivity contribution in [3.8, 4) is 28.3 Å². The maximum absolute atomic E-state index is 14.6. The first-order valence-electron chi connectivity index (χ1n) is 19.0. The molecule has 1 saturated heterocycles. The largest absolute Gasteiger partial charge is 0.497 e. The average Bonchev–Trinajstić information content (AvgIpc) is 3.45. The Morgan fingerprint density at radius 2 is 1.71 bits per heavy atom. The number of fused-ring (bicyclic) bond motifs is 3. The van der Waals surface area contributed by atoms with Crippen LogP contribution in [0.15, 0.2) is 78.9 Å². The molecular weight excluding hydrogens is 700 g/mol. The molecule has 0 spiro atoms. The lowest BCUT2D eigenvalue weighted by Gasteiger charge is -2.30. The molecule has 288 valence electrons. The first-order valence-corrected chi connectivity index (χ1v) is 19.0. The Morgan fingerprint density at radius 1 is 0.964 bits per heavy atom. The second-order valence-electron chi connectivity index (χ2n) is 15.7. The summed E-state index contributed by atoms with van der Waals surface area (Å²) < 4.78 is 10.9. The molecule has 2 aliphatic heterocycles. The highest BCUT2D eigenvalue weighted by atomic mass is 16.6. The van der Waals surface area contributed by atoms with Crippen LogP contribution in [0.1, 0.15) is 71.8 Å². The summed E-state index contributed by atoms with van der Waals surface area (Å²) in [6.07, 6.45) is 6.86. The highest BCUT2D eigenvalue weighted by molar-refractivity contribution is 5.99. The lowest BCUT2D eigenvalue weighted by molar-refractivity contribution is -0.145. The van der Waals surface area contributed by atoms with Crippen LogP contribution in [0, 0.1) is 5.92 Å². The minimum Gasteiger partial charge on any atom is -0.497 e. The van der Waals surface area contributed by atoms with E-state index in [0.29, 0.717) is 30.0 Å². The van der Waals surface area contributed by atoms with Gasteiger partial charge in [0.05, 0.1) is 13.2 Å². The molecule has 1 aliphatic carbocycles. The zero-order chi connectivity index (χ0) is 38.9. The average molecular weight is 749 g/mol. The Bertz CT molecular complexity index is 2120. The molecule has 4 aromatic rings. The number of benzene rings is 3. The highest BCUT2D eigenvalue weighted by Crippen LogP contribution is 2.46. The van der Waals surface area contributed by atoms with E-state index < -0.39 is 53.1 Å². The minimum atomic E-state index is -1.46. The number of nitrogens with zero attached hydrogens (tertiary/aromatic N) is 4. The lowest BCUT2D eigenvalue weighted by Crippen LogP contribution is -2.56. The Balaban J connectivity index is 1.28. The number of rotatable bonds is 6. The fraction of sp³-hybridized carbons (Fsp3) is 0.429. The summed E-state index contributed by atoms with van der Waals surface area (Å²) in [4.78, 5) is 57.6. The zero-order valence-corrected chi connectivity index (χ0v) is 31.7. The van der Waals surface area contributed by atoms with Gasteiger partial charge < -0.3 is 30.1 Å². The maximum atomic E-state index is 14.6. The van der Waals surface area contributed by atoms with Gasteiger partial charge in [0, 0.05) is 30.0 Å². The minimum absolute atomic E-state index is 0.0541. The van der Waals surface area contributed by atoms with Gasteiger partial charge in [-0.1, -0.05) is 67.5 Å². The molecule has 3 aromatic carbocycles. The van der Waals surface area contributed by atoms with Gasteiger partial charge in [0.15, 0.2) is 0 Å². The third kappa shape index (κ3) is 7.92. The van der Waals surface area contributed by atoms with E-state index in [1.807, 2.05) is 78.9 Å². The molecule has 3 aliphatic rings. The molecule has 5 atom stereocenters. The predicted octanol–water partition coefficient (Wildman–Crippen LogP) is 6.29. The van der Waals surface area contributed by atoms with Crippen LogP contribution in [-0.2, 0) is 19.1 Å². The molecule has 7 rings (SSSR count). The fourth-order valence-electron chi connectivity index (χ4n) is 7.74. The summed E-state index contributed by atoms with van der Waals surface area (Å²) >= 11 is 0. The van der Waals surface area contributed by atoms with Gasteiger partial charge in [-0.15, -0.1) is 0 Å². The van der Waals surface area contributed by atoms with Crippen LogP contribution >= 0.6 is 0 Å². The van der Waals surface area contributed by atoms with E-state index in [9.17, 15) is 24.3 Å². The topological polar surface area (TPSA) is 165 Å². The molecule has 3 N–H and O–H groups in total. The van der Waals surface area contributed by atoms with E-state index in [1.54, 1.807) is 32.7 Å². The number of aromatic nitrogens is 3. The monoisotopic (exact) mass is 748 g/mol. The summed E-state index contributed by atoms with van der Waals surface area (Å²) in [5, 5.41) is 28.0. The van der Waals surface area contributed by atoms with Crippen molar-refractivity contribution in [2.45, 2.75) is 95.0 Å². The molecule has 13 heteroatoms. The first kappa shape index (κ1) is 37.6. The van der Waals surface area contributed by atoms with E-state index >= 15 is 0 Å². The van der Waals surface area contributed by atoms with E-state index in [4.69, 9.17) is 19.7 Å². The second-order valence-corrected chi connectivity index (χ2v) is 15.7. The van der Waals surface area contributed by atoms with Crippen molar-refractivity contribution >= 4 is 34.6 Å². The molecule has 0 radical (unpaired) electrons. The van der Waals surface area contributed by atoms with Crippen LogP contribution in [0.4, 0.5) is 4.79 Å². The number of carboxylic acids is 1. The number of carboxylic acid groups (broad SMARTS) is 1. The zero-order valence-electron chi connectivity index (χ0n) is 31.7. The Kier molecular flexibility index (Phi) is 10.4. The van der Waals surface area contributed by atoms with E-state index in [2.05, 4.69) is 10.6 Å². The van der Waals surface area contributed by atoms with E-state index in [0.717, 1.165) is 41.2 Å². The third-order valence-electron chi connectivity index (χ3n) is 10.7. The molecule has 0 unspecified atom stereocenters. The van der Waals surface area contributed by atoms with Crippen LogP contribution in [0.3, 0.4) is 0 Å². The Morgan fingerprint density at radius 3 is 2.45 bits per heavy atom. The highest BCUT2D eigenvalue weighted by Gasteiger charge is 2.61. The summed E-state index contributed by atoms with van der Waals surface area (Å²) in [7, 11) is 1.60. The molecule has 0 bridgehead atoms. The quantitative estimate of drug-likeness (QED) is 0.192.